The lowest BCUT2D eigenvalue weighted by Crippen LogP contribution is -2.36. The first-order valence-electron chi connectivity index (χ1n) is 10.2. The summed E-state index contributed by atoms with van der Waals surface area (Å²) in [4.78, 5) is 27.0. The van der Waals surface area contributed by atoms with Crippen LogP contribution in [-0.4, -0.2) is 30.9 Å². The Morgan fingerprint density at radius 3 is 2.24 bits per heavy atom. The van der Waals surface area contributed by atoms with E-state index in [-0.39, 0.29) is 17.2 Å². The molecule has 0 aliphatic heterocycles. The zero-order chi connectivity index (χ0) is 21.2. The lowest BCUT2D eigenvalue weighted by Gasteiger charge is -2.19. The number of nitrogens with one attached hydrogen (secondary N) is 2. The number of thiophene rings is 1. The van der Waals surface area contributed by atoms with Gasteiger partial charge in [-0.15, -0.1) is 11.3 Å². The minimum absolute atomic E-state index is 0.0394. The third kappa shape index (κ3) is 5.06. The molecular formula is C23H31N3O2S. The predicted molar refractivity (Wildman–Crippen MR) is 120 cm³/mol. The highest BCUT2D eigenvalue weighted by Gasteiger charge is 2.26. The van der Waals surface area contributed by atoms with Crippen molar-refractivity contribution < 1.29 is 9.59 Å². The van der Waals surface area contributed by atoms with Crippen LogP contribution in [0.2, 0.25) is 0 Å². The van der Waals surface area contributed by atoms with Crippen molar-refractivity contribution in [2.75, 3.05) is 19.4 Å². The number of carbonyl (C=O) groups excluding carboxylic acids is 2. The third-order valence-corrected chi connectivity index (χ3v) is 6.42. The van der Waals surface area contributed by atoms with Gasteiger partial charge in [-0.25, -0.2) is 5.01 Å². The Hall–Kier alpha value is -2.18. The second-order valence-electron chi connectivity index (χ2n) is 8.89. The van der Waals surface area contributed by atoms with Crippen LogP contribution < -0.4 is 10.7 Å². The van der Waals surface area contributed by atoms with Crippen molar-refractivity contribution in [3.05, 3.63) is 51.4 Å². The number of amides is 2. The van der Waals surface area contributed by atoms with Crippen molar-refractivity contribution in [3.63, 3.8) is 0 Å². The van der Waals surface area contributed by atoms with E-state index in [0.717, 1.165) is 31.2 Å². The quantitative estimate of drug-likeness (QED) is 0.560. The number of hydrogen-bond acceptors (Lipinski definition) is 4. The maximum absolute atomic E-state index is 12.9. The molecule has 0 bridgehead atoms. The molecule has 1 heterocycles. The van der Waals surface area contributed by atoms with Gasteiger partial charge < -0.3 is 5.32 Å². The van der Waals surface area contributed by atoms with Crippen LogP contribution in [0.1, 0.15) is 76.8 Å². The molecule has 0 radical (unpaired) electrons. The SMILES string of the molecule is CN(C)NC(=O)c1c(NC(=O)c2ccc(C(C)(C)C)cc2)sc2c1CCCCC2. The fourth-order valence-corrected chi connectivity index (χ4v) is 4.91. The van der Waals surface area contributed by atoms with Gasteiger partial charge in [-0.3, -0.25) is 15.0 Å². The molecule has 0 fully saturated rings. The van der Waals surface area contributed by atoms with Gasteiger partial charge in [0, 0.05) is 24.5 Å². The van der Waals surface area contributed by atoms with Crippen LogP contribution in [0.25, 0.3) is 0 Å². The Labute approximate surface area is 177 Å². The van der Waals surface area contributed by atoms with Crippen LogP contribution in [0.3, 0.4) is 0 Å². The van der Waals surface area contributed by atoms with E-state index >= 15 is 0 Å². The van der Waals surface area contributed by atoms with Crippen LogP contribution in [0.5, 0.6) is 0 Å². The molecule has 29 heavy (non-hydrogen) atoms. The minimum atomic E-state index is -0.180. The average molecular weight is 414 g/mol. The number of carbonyl (C=O) groups is 2. The summed E-state index contributed by atoms with van der Waals surface area (Å²) >= 11 is 1.55. The molecule has 0 atom stereocenters. The molecular weight excluding hydrogens is 382 g/mol. The van der Waals surface area contributed by atoms with Gasteiger partial charge in [-0.1, -0.05) is 39.3 Å². The molecule has 1 aliphatic carbocycles. The summed E-state index contributed by atoms with van der Waals surface area (Å²) in [6, 6.07) is 7.71. The number of fused-ring (bicyclic) bond motifs is 1. The van der Waals surface area contributed by atoms with Gasteiger partial charge in [0.1, 0.15) is 5.00 Å². The van der Waals surface area contributed by atoms with E-state index in [4.69, 9.17) is 0 Å². The first-order chi connectivity index (χ1) is 13.7. The van der Waals surface area contributed by atoms with Crippen LogP contribution >= 0.6 is 11.3 Å². The molecule has 2 N–H and O–H groups in total. The fraction of sp³-hybridized carbons (Fsp3) is 0.478. The van der Waals surface area contributed by atoms with E-state index in [2.05, 4.69) is 31.5 Å². The smallest absolute Gasteiger partial charge is 0.268 e. The molecule has 0 unspecified atom stereocenters. The topological polar surface area (TPSA) is 61.4 Å². The number of anilines is 1. The second-order valence-corrected chi connectivity index (χ2v) is 9.99. The molecule has 5 nitrogen and oxygen atoms in total. The lowest BCUT2D eigenvalue weighted by molar-refractivity contribution is 0.0857. The summed E-state index contributed by atoms with van der Waals surface area (Å²) in [5.74, 6) is -0.339. The van der Waals surface area contributed by atoms with Crippen molar-refractivity contribution >= 4 is 28.2 Å². The summed E-state index contributed by atoms with van der Waals surface area (Å²) in [5.41, 5.74) is 6.39. The standard InChI is InChI=1S/C23H31N3O2S/c1-23(2,3)16-13-11-15(12-14-16)20(27)24-22-19(21(28)25-26(4)5)17-9-7-6-8-10-18(17)29-22/h11-14H,6-10H2,1-5H3,(H,24,27)(H,25,28). The highest BCUT2D eigenvalue weighted by Crippen LogP contribution is 2.37. The molecule has 2 aromatic rings. The highest BCUT2D eigenvalue weighted by molar-refractivity contribution is 7.17. The van der Waals surface area contributed by atoms with E-state index < -0.39 is 0 Å². The Balaban J connectivity index is 1.89. The van der Waals surface area contributed by atoms with Crippen molar-refractivity contribution in [3.8, 4) is 0 Å². The van der Waals surface area contributed by atoms with Crippen LogP contribution in [0.4, 0.5) is 5.00 Å². The number of hydrazine groups is 1. The largest absolute Gasteiger partial charge is 0.313 e. The Kier molecular flexibility index (Phi) is 6.44. The first kappa shape index (κ1) is 21.5. The van der Waals surface area contributed by atoms with Crippen molar-refractivity contribution in [2.24, 2.45) is 0 Å². The van der Waals surface area contributed by atoms with Gasteiger partial charge in [0.25, 0.3) is 11.8 Å². The molecule has 1 aromatic heterocycles. The van der Waals surface area contributed by atoms with E-state index in [1.54, 1.807) is 30.4 Å². The first-order valence-corrected chi connectivity index (χ1v) is 11.0. The fourth-order valence-electron chi connectivity index (χ4n) is 3.63. The van der Waals surface area contributed by atoms with E-state index in [0.29, 0.717) is 16.1 Å². The molecule has 0 spiro atoms. The molecule has 0 saturated heterocycles. The number of aryl methyl sites for hydroxylation is 1. The second kappa shape index (κ2) is 8.67. The Morgan fingerprint density at radius 1 is 0.966 bits per heavy atom. The molecule has 3 rings (SSSR count). The van der Waals surface area contributed by atoms with Crippen LogP contribution in [0.15, 0.2) is 24.3 Å². The van der Waals surface area contributed by atoms with Gasteiger partial charge in [-0.05, 0) is 54.4 Å². The molecule has 1 aromatic carbocycles. The summed E-state index contributed by atoms with van der Waals surface area (Å²) < 4.78 is 0. The van der Waals surface area contributed by atoms with Gasteiger partial charge in [-0.2, -0.15) is 0 Å². The molecule has 0 saturated carbocycles. The third-order valence-electron chi connectivity index (χ3n) is 5.21. The molecule has 1 aliphatic rings. The van der Waals surface area contributed by atoms with Gasteiger partial charge in [0.15, 0.2) is 0 Å². The van der Waals surface area contributed by atoms with Crippen LogP contribution in [-0.2, 0) is 18.3 Å². The summed E-state index contributed by atoms with van der Waals surface area (Å²) in [5, 5.41) is 5.31. The zero-order valence-corrected chi connectivity index (χ0v) is 18.8. The Bertz CT molecular complexity index is 892. The predicted octanol–water partition coefficient (Wildman–Crippen LogP) is 4.77. The van der Waals surface area contributed by atoms with Gasteiger partial charge in [0.05, 0.1) is 5.56 Å². The zero-order valence-electron chi connectivity index (χ0n) is 18.0. The average Bonchev–Trinajstić information content (AvgIpc) is 2.81. The lowest BCUT2D eigenvalue weighted by atomic mass is 9.87. The molecule has 2 amide bonds. The molecule has 6 heteroatoms. The maximum Gasteiger partial charge on any atom is 0.268 e. The number of nitrogens with zero attached hydrogens (tertiary/aromatic N) is 1. The van der Waals surface area contributed by atoms with Crippen molar-refractivity contribution in [1.82, 2.24) is 10.4 Å². The van der Waals surface area contributed by atoms with Crippen molar-refractivity contribution in [2.45, 2.75) is 58.3 Å². The molecule has 156 valence electrons. The van der Waals surface area contributed by atoms with E-state index in [1.807, 2.05) is 24.3 Å². The number of rotatable bonds is 4. The van der Waals surface area contributed by atoms with E-state index in [9.17, 15) is 9.59 Å². The summed E-state index contributed by atoms with van der Waals surface area (Å²) in [7, 11) is 3.58. The summed E-state index contributed by atoms with van der Waals surface area (Å²) in [6.07, 6.45) is 5.24. The Morgan fingerprint density at radius 2 is 1.62 bits per heavy atom. The van der Waals surface area contributed by atoms with Gasteiger partial charge >= 0.3 is 0 Å². The minimum Gasteiger partial charge on any atom is -0.313 e. The van der Waals surface area contributed by atoms with Crippen LogP contribution in [0, 0.1) is 0 Å². The number of hydrogen-bond donors (Lipinski definition) is 2. The highest BCUT2D eigenvalue weighted by atomic mass is 32.1. The maximum atomic E-state index is 12.9. The van der Waals surface area contributed by atoms with E-state index in [1.165, 1.54) is 16.9 Å². The van der Waals surface area contributed by atoms with Gasteiger partial charge in [0.2, 0.25) is 0 Å². The van der Waals surface area contributed by atoms with Crippen molar-refractivity contribution in [1.29, 1.82) is 0 Å². The normalized spacial score (nSPS) is 14.3. The number of benzene rings is 1. The monoisotopic (exact) mass is 413 g/mol. The summed E-state index contributed by atoms with van der Waals surface area (Å²) in [6.45, 7) is 6.45.